The predicted molar refractivity (Wildman–Crippen MR) is 76.1 cm³/mol. The first-order chi connectivity index (χ1) is 7.99. The maximum atomic E-state index is 6.29. The van der Waals surface area contributed by atoms with Gasteiger partial charge in [0.2, 0.25) is 0 Å². The first-order valence-corrected chi connectivity index (χ1v) is 6.28. The van der Waals surface area contributed by atoms with Gasteiger partial charge in [0.1, 0.15) is 0 Å². The monoisotopic (exact) mass is 264 g/mol. The Kier molecular flexibility index (Phi) is 3.46. The van der Waals surface area contributed by atoms with E-state index in [1.807, 2.05) is 13.0 Å². The fourth-order valence-corrected chi connectivity index (χ4v) is 2.43. The van der Waals surface area contributed by atoms with Crippen molar-refractivity contribution in [3.05, 3.63) is 57.1 Å². The quantitative estimate of drug-likeness (QED) is 0.630. The SMILES string of the molecule is Cc1ccc(C)c(-c2cc(C)cc(Cl)c2Cl)c1. The van der Waals surface area contributed by atoms with Crippen LogP contribution in [0.4, 0.5) is 0 Å². The highest BCUT2D eigenvalue weighted by Crippen LogP contribution is 2.36. The molecular formula is C15H14Cl2. The van der Waals surface area contributed by atoms with E-state index in [-0.39, 0.29) is 0 Å². The molecule has 0 atom stereocenters. The van der Waals surface area contributed by atoms with Gasteiger partial charge in [-0.2, -0.15) is 0 Å². The zero-order valence-electron chi connectivity index (χ0n) is 10.1. The van der Waals surface area contributed by atoms with Crippen LogP contribution in [-0.4, -0.2) is 0 Å². The summed E-state index contributed by atoms with van der Waals surface area (Å²) in [7, 11) is 0. The number of halogens is 2. The van der Waals surface area contributed by atoms with E-state index in [1.165, 1.54) is 11.1 Å². The molecule has 0 radical (unpaired) electrons. The molecule has 2 rings (SSSR count). The van der Waals surface area contributed by atoms with Gasteiger partial charge in [0.25, 0.3) is 0 Å². The minimum absolute atomic E-state index is 0.613. The highest BCUT2D eigenvalue weighted by Gasteiger charge is 2.10. The Balaban J connectivity index is 2.72. The van der Waals surface area contributed by atoms with Gasteiger partial charge in [0.05, 0.1) is 10.0 Å². The Hall–Kier alpha value is -0.980. The summed E-state index contributed by atoms with van der Waals surface area (Å²) in [4.78, 5) is 0. The molecule has 0 nitrogen and oxygen atoms in total. The van der Waals surface area contributed by atoms with E-state index in [4.69, 9.17) is 23.2 Å². The molecule has 0 spiro atoms. The van der Waals surface area contributed by atoms with Crippen LogP contribution in [-0.2, 0) is 0 Å². The molecule has 2 aromatic carbocycles. The first kappa shape index (κ1) is 12.5. The summed E-state index contributed by atoms with van der Waals surface area (Å²) in [6.45, 7) is 6.19. The van der Waals surface area contributed by atoms with Crippen molar-refractivity contribution < 1.29 is 0 Å². The molecule has 88 valence electrons. The topological polar surface area (TPSA) is 0 Å². The molecule has 0 aliphatic rings. The van der Waals surface area contributed by atoms with Crippen LogP contribution in [0.5, 0.6) is 0 Å². The Morgan fingerprint density at radius 3 is 2.12 bits per heavy atom. The van der Waals surface area contributed by atoms with Crippen molar-refractivity contribution in [2.45, 2.75) is 20.8 Å². The van der Waals surface area contributed by atoms with Gasteiger partial charge in [-0.3, -0.25) is 0 Å². The van der Waals surface area contributed by atoms with Crippen molar-refractivity contribution in [2.24, 2.45) is 0 Å². The van der Waals surface area contributed by atoms with Gasteiger partial charge in [-0.1, -0.05) is 47.0 Å². The first-order valence-electron chi connectivity index (χ1n) is 5.52. The highest BCUT2D eigenvalue weighted by atomic mass is 35.5. The lowest BCUT2D eigenvalue weighted by Crippen LogP contribution is -1.88. The third-order valence-electron chi connectivity index (χ3n) is 2.86. The van der Waals surface area contributed by atoms with Gasteiger partial charge in [0, 0.05) is 5.56 Å². The van der Waals surface area contributed by atoms with Gasteiger partial charge < -0.3 is 0 Å². The number of benzene rings is 2. The molecule has 0 amide bonds. The van der Waals surface area contributed by atoms with Gasteiger partial charge >= 0.3 is 0 Å². The second kappa shape index (κ2) is 4.72. The zero-order chi connectivity index (χ0) is 12.6. The van der Waals surface area contributed by atoms with Crippen LogP contribution in [0.2, 0.25) is 10.0 Å². The van der Waals surface area contributed by atoms with Crippen molar-refractivity contribution in [1.29, 1.82) is 0 Å². The molecule has 0 N–H and O–H groups in total. The lowest BCUT2D eigenvalue weighted by atomic mass is 9.97. The molecule has 0 aromatic heterocycles. The van der Waals surface area contributed by atoms with Crippen LogP contribution in [0.3, 0.4) is 0 Å². The van der Waals surface area contributed by atoms with Crippen molar-refractivity contribution in [3.63, 3.8) is 0 Å². The predicted octanol–water partition coefficient (Wildman–Crippen LogP) is 5.59. The molecule has 2 aromatic rings. The standard InChI is InChI=1S/C15H14Cl2/c1-9-4-5-11(3)12(6-9)13-7-10(2)8-14(16)15(13)17/h4-8H,1-3H3. The molecule has 0 bridgehead atoms. The fourth-order valence-electron chi connectivity index (χ4n) is 1.95. The Morgan fingerprint density at radius 1 is 0.765 bits per heavy atom. The molecule has 2 heteroatoms. The summed E-state index contributed by atoms with van der Waals surface area (Å²) < 4.78 is 0. The number of hydrogen-bond donors (Lipinski definition) is 0. The van der Waals surface area contributed by atoms with E-state index in [0.29, 0.717) is 10.0 Å². The maximum Gasteiger partial charge on any atom is 0.0670 e. The van der Waals surface area contributed by atoms with Crippen LogP contribution in [0.15, 0.2) is 30.3 Å². The van der Waals surface area contributed by atoms with Crippen molar-refractivity contribution >= 4 is 23.2 Å². The van der Waals surface area contributed by atoms with Crippen LogP contribution in [0, 0.1) is 20.8 Å². The van der Waals surface area contributed by atoms with Crippen molar-refractivity contribution in [2.75, 3.05) is 0 Å². The normalized spacial score (nSPS) is 10.6. The number of rotatable bonds is 1. The second-order valence-electron chi connectivity index (χ2n) is 4.43. The van der Waals surface area contributed by atoms with Crippen molar-refractivity contribution in [3.8, 4) is 11.1 Å². The highest BCUT2D eigenvalue weighted by molar-refractivity contribution is 6.43. The minimum Gasteiger partial charge on any atom is -0.0827 e. The van der Waals surface area contributed by atoms with E-state index in [9.17, 15) is 0 Å². The molecule has 0 fully saturated rings. The van der Waals surface area contributed by atoms with Crippen LogP contribution in [0.25, 0.3) is 11.1 Å². The summed E-state index contributed by atoms with van der Waals surface area (Å²) in [5.41, 5.74) is 5.72. The van der Waals surface area contributed by atoms with Gasteiger partial charge in [0.15, 0.2) is 0 Å². The van der Waals surface area contributed by atoms with E-state index in [0.717, 1.165) is 16.7 Å². The van der Waals surface area contributed by atoms with Gasteiger partial charge in [-0.05, 0) is 49.6 Å². The summed E-state index contributed by atoms with van der Waals surface area (Å²) in [5, 5.41) is 1.24. The minimum atomic E-state index is 0.613. The van der Waals surface area contributed by atoms with E-state index < -0.39 is 0 Å². The van der Waals surface area contributed by atoms with Gasteiger partial charge in [-0.25, -0.2) is 0 Å². The van der Waals surface area contributed by atoms with Crippen LogP contribution in [0.1, 0.15) is 16.7 Å². The van der Waals surface area contributed by atoms with Crippen molar-refractivity contribution in [1.82, 2.24) is 0 Å². The average Bonchev–Trinajstić information content (AvgIpc) is 2.27. The van der Waals surface area contributed by atoms with E-state index in [2.05, 4.69) is 38.1 Å². The largest absolute Gasteiger partial charge is 0.0827 e. The molecule has 0 aliphatic carbocycles. The lowest BCUT2D eigenvalue weighted by Gasteiger charge is -2.11. The van der Waals surface area contributed by atoms with Crippen LogP contribution < -0.4 is 0 Å². The molecule has 0 saturated heterocycles. The molecule has 0 heterocycles. The molecular weight excluding hydrogens is 251 g/mol. The summed E-state index contributed by atoms with van der Waals surface area (Å²) in [6, 6.07) is 10.3. The third kappa shape index (κ3) is 2.48. The molecule has 0 aliphatic heterocycles. The van der Waals surface area contributed by atoms with E-state index >= 15 is 0 Å². The maximum absolute atomic E-state index is 6.29. The zero-order valence-corrected chi connectivity index (χ0v) is 11.7. The molecule has 0 unspecified atom stereocenters. The Bertz CT molecular complexity index is 571. The summed E-state index contributed by atoms with van der Waals surface area (Å²) in [6.07, 6.45) is 0. The smallest absolute Gasteiger partial charge is 0.0670 e. The average molecular weight is 265 g/mol. The Morgan fingerprint density at radius 2 is 1.41 bits per heavy atom. The summed E-state index contributed by atoms with van der Waals surface area (Å²) in [5.74, 6) is 0. The van der Waals surface area contributed by atoms with E-state index in [1.54, 1.807) is 0 Å². The third-order valence-corrected chi connectivity index (χ3v) is 3.66. The lowest BCUT2D eigenvalue weighted by molar-refractivity contribution is 1.38. The molecule has 0 saturated carbocycles. The molecule has 17 heavy (non-hydrogen) atoms. The summed E-state index contributed by atoms with van der Waals surface area (Å²) >= 11 is 12.4. The Labute approximate surface area is 112 Å². The van der Waals surface area contributed by atoms with Crippen LogP contribution >= 0.6 is 23.2 Å². The van der Waals surface area contributed by atoms with Gasteiger partial charge in [-0.15, -0.1) is 0 Å². The number of hydrogen-bond acceptors (Lipinski definition) is 0. The second-order valence-corrected chi connectivity index (χ2v) is 5.21. The fraction of sp³-hybridized carbons (Fsp3) is 0.200. The number of aryl methyl sites for hydroxylation is 3.